The molecular weight excluding hydrogens is 316 g/mol. The predicted octanol–water partition coefficient (Wildman–Crippen LogP) is 2.73. The minimum atomic E-state index is -0.264. The standard InChI is InChI=1S/C19H20N4O2/c24-14-16-8-6-15(7-9-16)10-11-20-19(25)22-17-12-21-23(13-17)18-4-2-1-3-5-18/h1-9,12-13,24H,10-11,14H2,(H2,20,22,25). The molecule has 0 radical (unpaired) electrons. The Bertz CT molecular complexity index is 813. The van der Waals surface area contributed by atoms with Gasteiger partial charge in [0, 0.05) is 6.54 Å². The summed E-state index contributed by atoms with van der Waals surface area (Å²) in [5.74, 6) is 0. The molecule has 3 N–H and O–H groups in total. The number of aromatic nitrogens is 2. The number of amides is 2. The first-order valence-electron chi connectivity index (χ1n) is 8.08. The van der Waals surface area contributed by atoms with Crippen LogP contribution in [0.15, 0.2) is 67.0 Å². The summed E-state index contributed by atoms with van der Waals surface area (Å²) in [5, 5.41) is 18.8. The SMILES string of the molecule is O=C(NCCc1ccc(CO)cc1)Nc1cnn(-c2ccccc2)c1. The number of benzene rings is 2. The Morgan fingerprint density at radius 3 is 2.48 bits per heavy atom. The summed E-state index contributed by atoms with van der Waals surface area (Å²) in [6.07, 6.45) is 4.10. The van der Waals surface area contributed by atoms with Gasteiger partial charge >= 0.3 is 6.03 Å². The number of aliphatic hydroxyl groups is 1. The van der Waals surface area contributed by atoms with Crippen molar-refractivity contribution in [3.8, 4) is 5.69 Å². The lowest BCUT2D eigenvalue weighted by Crippen LogP contribution is -2.30. The highest BCUT2D eigenvalue weighted by Gasteiger charge is 2.05. The highest BCUT2D eigenvalue weighted by Crippen LogP contribution is 2.11. The molecule has 2 amide bonds. The fourth-order valence-corrected chi connectivity index (χ4v) is 2.42. The molecule has 0 spiro atoms. The molecule has 0 saturated heterocycles. The fourth-order valence-electron chi connectivity index (χ4n) is 2.42. The van der Waals surface area contributed by atoms with E-state index in [0.29, 0.717) is 12.2 Å². The second-order valence-corrected chi connectivity index (χ2v) is 5.61. The third kappa shape index (κ3) is 4.68. The van der Waals surface area contributed by atoms with Crippen LogP contribution in [0.1, 0.15) is 11.1 Å². The molecule has 1 aromatic heterocycles. The number of hydrogen-bond donors (Lipinski definition) is 3. The number of hydrogen-bond acceptors (Lipinski definition) is 3. The van der Waals surface area contributed by atoms with Crippen molar-refractivity contribution in [1.82, 2.24) is 15.1 Å². The predicted molar refractivity (Wildman–Crippen MR) is 96.7 cm³/mol. The van der Waals surface area contributed by atoms with Crippen molar-refractivity contribution in [3.63, 3.8) is 0 Å². The van der Waals surface area contributed by atoms with Crippen LogP contribution in [0.5, 0.6) is 0 Å². The largest absolute Gasteiger partial charge is 0.392 e. The summed E-state index contributed by atoms with van der Waals surface area (Å²) < 4.78 is 1.71. The van der Waals surface area contributed by atoms with Crippen molar-refractivity contribution in [2.75, 3.05) is 11.9 Å². The van der Waals surface area contributed by atoms with E-state index in [1.54, 1.807) is 17.1 Å². The van der Waals surface area contributed by atoms with Gasteiger partial charge < -0.3 is 15.7 Å². The van der Waals surface area contributed by atoms with Crippen molar-refractivity contribution in [1.29, 1.82) is 0 Å². The first-order chi connectivity index (χ1) is 12.2. The molecule has 0 aliphatic heterocycles. The molecule has 0 aliphatic carbocycles. The van der Waals surface area contributed by atoms with E-state index in [1.807, 2.05) is 54.6 Å². The zero-order chi connectivity index (χ0) is 17.5. The number of nitrogens with one attached hydrogen (secondary N) is 2. The minimum absolute atomic E-state index is 0.0393. The Labute approximate surface area is 146 Å². The number of nitrogens with zero attached hydrogens (tertiary/aromatic N) is 2. The maximum absolute atomic E-state index is 12.0. The highest BCUT2D eigenvalue weighted by atomic mass is 16.3. The topological polar surface area (TPSA) is 79.2 Å². The molecule has 6 nitrogen and oxygen atoms in total. The average molecular weight is 336 g/mol. The maximum Gasteiger partial charge on any atom is 0.319 e. The molecule has 0 bridgehead atoms. The van der Waals surface area contributed by atoms with Crippen molar-refractivity contribution in [2.45, 2.75) is 13.0 Å². The third-order valence-electron chi connectivity index (χ3n) is 3.77. The van der Waals surface area contributed by atoms with Gasteiger partial charge in [0.05, 0.1) is 30.4 Å². The molecule has 0 atom stereocenters. The van der Waals surface area contributed by atoms with Crippen LogP contribution in [-0.2, 0) is 13.0 Å². The number of aliphatic hydroxyl groups excluding tert-OH is 1. The molecule has 128 valence electrons. The minimum Gasteiger partial charge on any atom is -0.392 e. The Morgan fingerprint density at radius 2 is 1.76 bits per heavy atom. The normalized spacial score (nSPS) is 10.4. The lowest BCUT2D eigenvalue weighted by atomic mass is 10.1. The number of carbonyl (C=O) groups is 1. The molecule has 6 heteroatoms. The van der Waals surface area contributed by atoms with Gasteiger partial charge in [0.25, 0.3) is 0 Å². The molecule has 3 rings (SSSR count). The molecule has 3 aromatic rings. The highest BCUT2D eigenvalue weighted by molar-refractivity contribution is 5.88. The first-order valence-corrected chi connectivity index (χ1v) is 8.08. The van der Waals surface area contributed by atoms with Gasteiger partial charge in [-0.1, -0.05) is 42.5 Å². The molecular formula is C19H20N4O2. The van der Waals surface area contributed by atoms with Crippen molar-refractivity contribution < 1.29 is 9.90 Å². The number of urea groups is 1. The van der Waals surface area contributed by atoms with Crippen molar-refractivity contribution >= 4 is 11.7 Å². The van der Waals surface area contributed by atoms with Crippen LogP contribution >= 0.6 is 0 Å². The molecule has 0 aliphatic rings. The Balaban J connectivity index is 1.47. The third-order valence-corrected chi connectivity index (χ3v) is 3.77. The van der Waals surface area contributed by atoms with Crippen LogP contribution < -0.4 is 10.6 Å². The molecule has 25 heavy (non-hydrogen) atoms. The van der Waals surface area contributed by atoms with Gasteiger partial charge in [-0.3, -0.25) is 0 Å². The molecule has 1 heterocycles. The summed E-state index contributed by atoms with van der Waals surface area (Å²) in [7, 11) is 0. The maximum atomic E-state index is 12.0. The smallest absolute Gasteiger partial charge is 0.319 e. The number of para-hydroxylation sites is 1. The van der Waals surface area contributed by atoms with E-state index in [9.17, 15) is 4.79 Å². The monoisotopic (exact) mass is 336 g/mol. The van der Waals surface area contributed by atoms with Crippen molar-refractivity contribution in [3.05, 3.63) is 78.1 Å². The molecule has 2 aromatic carbocycles. The van der Waals surface area contributed by atoms with Gasteiger partial charge in [-0.15, -0.1) is 0 Å². The molecule has 0 unspecified atom stereocenters. The van der Waals surface area contributed by atoms with E-state index >= 15 is 0 Å². The van der Waals surface area contributed by atoms with Gasteiger partial charge in [0.1, 0.15) is 0 Å². The number of carbonyl (C=O) groups excluding carboxylic acids is 1. The number of rotatable bonds is 6. The average Bonchev–Trinajstić information content (AvgIpc) is 3.11. The lowest BCUT2D eigenvalue weighted by Gasteiger charge is -2.06. The zero-order valence-corrected chi connectivity index (χ0v) is 13.7. The van der Waals surface area contributed by atoms with Gasteiger partial charge in [0.15, 0.2) is 0 Å². The van der Waals surface area contributed by atoms with Crippen LogP contribution in [0.2, 0.25) is 0 Å². The Hall–Kier alpha value is -3.12. The second-order valence-electron chi connectivity index (χ2n) is 5.61. The second kappa shape index (κ2) is 8.12. The van der Waals surface area contributed by atoms with Gasteiger partial charge in [-0.05, 0) is 29.7 Å². The quantitative estimate of drug-likeness (QED) is 0.647. The zero-order valence-electron chi connectivity index (χ0n) is 13.7. The van der Waals surface area contributed by atoms with E-state index in [1.165, 1.54) is 0 Å². The van der Waals surface area contributed by atoms with Crippen molar-refractivity contribution in [2.24, 2.45) is 0 Å². The van der Waals surface area contributed by atoms with Crippen LogP contribution in [0.4, 0.5) is 10.5 Å². The van der Waals surface area contributed by atoms with Gasteiger partial charge in [-0.2, -0.15) is 5.10 Å². The van der Waals surface area contributed by atoms with E-state index in [2.05, 4.69) is 15.7 Å². The van der Waals surface area contributed by atoms with E-state index in [-0.39, 0.29) is 12.6 Å². The number of anilines is 1. The molecule has 0 saturated carbocycles. The molecule has 0 fully saturated rings. The summed E-state index contributed by atoms with van der Waals surface area (Å²) in [4.78, 5) is 12.0. The van der Waals surface area contributed by atoms with E-state index in [0.717, 1.165) is 23.2 Å². The summed E-state index contributed by atoms with van der Waals surface area (Å²) >= 11 is 0. The fraction of sp³-hybridized carbons (Fsp3) is 0.158. The van der Waals surface area contributed by atoms with Crippen LogP contribution in [0.25, 0.3) is 5.69 Å². The van der Waals surface area contributed by atoms with Crippen LogP contribution in [0, 0.1) is 0 Å². The first kappa shape index (κ1) is 16.7. The van der Waals surface area contributed by atoms with E-state index in [4.69, 9.17) is 5.11 Å². The summed E-state index contributed by atoms with van der Waals surface area (Å²) in [5.41, 5.74) is 3.55. The van der Waals surface area contributed by atoms with Gasteiger partial charge in [0.2, 0.25) is 0 Å². The lowest BCUT2D eigenvalue weighted by molar-refractivity contribution is 0.252. The Kier molecular flexibility index (Phi) is 5.43. The van der Waals surface area contributed by atoms with Crippen LogP contribution in [0.3, 0.4) is 0 Å². The van der Waals surface area contributed by atoms with E-state index < -0.39 is 0 Å². The summed E-state index contributed by atoms with van der Waals surface area (Å²) in [6.45, 7) is 0.564. The Morgan fingerprint density at radius 1 is 1.04 bits per heavy atom. The summed E-state index contributed by atoms with van der Waals surface area (Å²) in [6, 6.07) is 17.1. The van der Waals surface area contributed by atoms with Crippen LogP contribution in [-0.4, -0.2) is 27.5 Å². The van der Waals surface area contributed by atoms with Gasteiger partial charge in [-0.25, -0.2) is 9.48 Å².